The van der Waals surface area contributed by atoms with Crippen molar-refractivity contribution in [2.24, 2.45) is 0 Å². The van der Waals surface area contributed by atoms with Crippen LogP contribution in [-0.2, 0) is 4.74 Å². The number of ether oxygens (including phenoxy) is 1. The quantitative estimate of drug-likeness (QED) is 0.622. The summed E-state index contributed by atoms with van der Waals surface area (Å²) in [7, 11) is 0. The number of carbonyl (C=O) groups excluding carboxylic acids is 1. The van der Waals surface area contributed by atoms with E-state index in [9.17, 15) is 4.79 Å². The second-order valence-corrected chi connectivity index (χ2v) is 8.39. The van der Waals surface area contributed by atoms with Crippen molar-refractivity contribution in [3.8, 4) is 0 Å². The van der Waals surface area contributed by atoms with Gasteiger partial charge < -0.3 is 0 Å². The molecule has 0 fully saturated rings. The standard InChI is InChI=1S/C10H16NO2.Sn.3H/c1-10(2,3)13-9(12)11-7-5-4-6-8-11;;;;/h5H,6-8H2,1-3H3;;;;. The molecule has 0 aromatic rings. The molecule has 1 aliphatic heterocycles. The summed E-state index contributed by atoms with van der Waals surface area (Å²) < 4.78 is 6.85. The first kappa shape index (κ1) is 11.9. The van der Waals surface area contributed by atoms with Crippen LogP contribution in [0.25, 0.3) is 0 Å². The average Bonchev–Trinajstić information content (AvgIpc) is 2.02. The van der Waals surface area contributed by atoms with Crippen LogP contribution < -0.4 is 0 Å². The molecule has 14 heavy (non-hydrogen) atoms. The fourth-order valence-electron chi connectivity index (χ4n) is 1.26. The molecule has 0 N–H and O–H groups in total. The first-order chi connectivity index (χ1) is 6.38. The average molecular weight is 304 g/mol. The normalized spacial score (nSPS) is 17.9. The number of amides is 1. The molecule has 0 radical (unpaired) electrons. The molecule has 4 heteroatoms. The van der Waals surface area contributed by atoms with Crippen LogP contribution in [0, 0.1) is 0 Å². The van der Waals surface area contributed by atoms with Crippen LogP contribution in [0.5, 0.6) is 0 Å². The van der Waals surface area contributed by atoms with Crippen LogP contribution in [0.1, 0.15) is 27.2 Å². The summed E-state index contributed by atoms with van der Waals surface area (Å²) in [6.45, 7) is 7.25. The molecule has 80 valence electrons. The van der Waals surface area contributed by atoms with E-state index in [1.807, 2.05) is 20.8 Å². The van der Waals surface area contributed by atoms with Crippen molar-refractivity contribution in [1.29, 1.82) is 0 Å². The van der Waals surface area contributed by atoms with E-state index < -0.39 is 0 Å². The molecule has 1 rings (SSSR count). The first-order valence-corrected chi connectivity index (χ1v) is 7.87. The predicted octanol–water partition coefficient (Wildman–Crippen LogP) is 0.876. The number of hydrogen-bond acceptors (Lipinski definition) is 2. The van der Waals surface area contributed by atoms with Gasteiger partial charge in [-0.25, -0.2) is 0 Å². The number of hydrogen-bond donors (Lipinski definition) is 0. The summed E-state index contributed by atoms with van der Waals surface area (Å²) in [6, 6.07) is 0. The van der Waals surface area contributed by atoms with Crippen molar-refractivity contribution in [3.05, 3.63) is 9.67 Å². The molecule has 1 aliphatic rings. The third-order valence-electron chi connectivity index (χ3n) is 2.09. The van der Waals surface area contributed by atoms with E-state index in [1.54, 1.807) is 8.49 Å². The summed E-state index contributed by atoms with van der Waals surface area (Å²) >= 11 is 0.613. The molecule has 1 amide bonds. The second-order valence-electron chi connectivity index (χ2n) is 4.73. The minimum atomic E-state index is -0.382. The Balaban J connectivity index is 2.47. The third kappa shape index (κ3) is 3.90. The van der Waals surface area contributed by atoms with Crippen molar-refractivity contribution < 1.29 is 9.53 Å². The molecule has 0 spiro atoms. The Morgan fingerprint density at radius 2 is 2.21 bits per heavy atom. The Labute approximate surface area is 98.6 Å². The van der Waals surface area contributed by atoms with Crippen molar-refractivity contribution in [1.82, 2.24) is 4.90 Å². The molecule has 3 nitrogen and oxygen atoms in total. The van der Waals surface area contributed by atoms with Crippen LogP contribution >= 0.6 is 0 Å². The van der Waals surface area contributed by atoms with E-state index in [1.165, 1.54) is 0 Å². The van der Waals surface area contributed by atoms with Gasteiger partial charge in [0.1, 0.15) is 0 Å². The monoisotopic (exact) mass is 305 g/mol. The van der Waals surface area contributed by atoms with Gasteiger partial charge in [0.2, 0.25) is 0 Å². The molecule has 1 heterocycles. The van der Waals surface area contributed by atoms with E-state index in [-0.39, 0.29) is 11.7 Å². The maximum absolute atomic E-state index is 11.6. The van der Waals surface area contributed by atoms with E-state index in [2.05, 4.69) is 6.08 Å². The van der Waals surface area contributed by atoms with Crippen LogP contribution in [0.4, 0.5) is 4.79 Å². The van der Waals surface area contributed by atoms with Gasteiger partial charge in [0, 0.05) is 0 Å². The summed E-state index contributed by atoms with van der Waals surface area (Å²) in [5, 5.41) is 0. The fraction of sp³-hybridized carbons (Fsp3) is 0.700. The van der Waals surface area contributed by atoms with Gasteiger partial charge in [-0.1, -0.05) is 0 Å². The Kier molecular flexibility index (Phi) is 3.86. The van der Waals surface area contributed by atoms with Crippen LogP contribution in [-0.4, -0.2) is 52.2 Å². The predicted molar refractivity (Wildman–Crippen MR) is 60.4 cm³/mol. The molecular formula is C10H19NO2Sn. The van der Waals surface area contributed by atoms with Crippen molar-refractivity contribution in [2.75, 3.05) is 13.1 Å². The Morgan fingerprint density at radius 3 is 2.64 bits per heavy atom. The molecule has 0 aromatic carbocycles. The molecule has 0 aromatic heterocycles. The van der Waals surface area contributed by atoms with E-state index in [0.717, 1.165) is 19.5 Å². The first-order valence-electron chi connectivity index (χ1n) is 5.02. The Bertz CT molecular complexity index is 255. The SMILES string of the molecule is CC(C)(C)OC(=O)N1CC=[C]([SnH3])CC1. The van der Waals surface area contributed by atoms with Gasteiger partial charge in [-0.2, -0.15) is 0 Å². The van der Waals surface area contributed by atoms with Crippen LogP contribution in [0.3, 0.4) is 0 Å². The topological polar surface area (TPSA) is 29.5 Å². The van der Waals surface area contributed by atoms with Crippen molar-refractivity contribution in [3.63, 3.8) is 0 Å². The van der Waals surface area contributed by atoms with Gasteiger partial charge in [-0.05, 0) is 0 Å². The zero-order chi connectivity index (χ0) is 10.8. The van der Waals surface area contributed by atoms with Gasteiger partial charge >= 0.3 is 98.6 Å². The van der Waals surface area contributed by atoms with Crippen LogP contribution in [0.2, 0.25) is 0 Å². The maximum atomic E-state index is 11.6. The third-order valence-corrected chi connectivity index (χ3v) is 4.68. The molecule has 0 saturated heterocycles. The van der Waals surface area contributed by atoms with Gasteiger partial charge in [-0.15, -0.1) is 0 Å². The number of nitrogens with zero attached hydrogens (tertiary/aromatic N) is 1. The molecule has 0 saturated carbocycles. The van der Waals surface area contributed by atoms with Gasteiger partial charge in [0.15, 0.2) is 0 Å². The molecule has 0 unspecified atom stereocenters. The zero-order valence-electron chi connectivity index (χ0n) is 9.46. The van der Waals surface area contributed by atoms with E-state index in [4.69, 9.17) is 4.74 Å². The molecule has 0 atom stereocenters. The fourth-order valence-corrected chi connectivity index (χ4v) is 2.42. The summed E-state index contributed by atoms with van der Waals surface area (Å²) in [6.07, 6.45) is 3.04. The minimum absolute atomic E-state index is 0.184. The summed E-state index contributed by atoms with van der Waals surface area (Å²) in [4.78, 5) is 13.4. The second kappa shape index (κ2) is 4.55. The van der Waals surface area contributed by atoms with Gasteiger partial charge in [0.05, 0.1) is 0 Å². The van der Waals surface area contributed by atoms with Crippen molar-refractivity contribution >= 4 is 28.6 Å². The van der Waals surface area contributed by atoms with Gasteiger partial charge in [0.25, 0.3) is 0 Å². The van der Waals surface area contributed by atoms with E-state index in [0.29, 0.717) is 22.5 Å². The van der Waals surface area contributed by atoms with E-state index >= 15 is 0 Å². The summed E-state index contributed by atoms with van der Waals surface area (Å²) in [5.74, 6) is 0. The number of rotatable bonds is 0. The van der Waals surface area contributed by atoms with Gasteiger partial charge in [-0.3, -0.25) is 0 Å². The molecule has 0 bridgehead atoms. The van der Waals surface area contributed by atoms with Crippen LogP contribution in [0.15, 0.2) is 9.67 Å². The Morgan fingerprint density at radius 1 is 1.57 bits per heavy atom. The Hall–Kier alpha value is -0.191. The molecular weight excluding hydrogens is 285 g/mol. The van der Waals surface area contributed by atoms with Crippen molar-refractivity contribution in [2.45, 2.75) is 32.8 Å². The number of carbonyl (C=O) groups is 1. The molecule has 0 aliphatic carbocycles. The zero-order valence-corrected chi connectivity index (χ0v) is 15.2. The summed E-state index contributed by atoms with van der Waals surface area (Å²) in [5.41, 5.74) is -0.382.